The monoisotopic (exact) mass is 305 g/mol. The Morgan fingerprint density at radius 1 is 1.48 bits per heavy atom. The van der Waals surface area contributed by atoms with Gasteiger partial charge in [0.25, 0.3) is 5.91 Å². The van der Waals surface area contributed by atoms with Crippen LogP contribution in [0.5, 0.6) is 0 Å². The van der Waals surface area contributed by atoms with E-state index in [4.69, 9.17) is 5.73 Å². The summed E-state index contributed by atoms with van der Waals surface area (Å²) >= 11 is 1.35. The van der Waals surface area contributed by atoms with Gasteiger partial charge in [-0.1, -0.05) is 0 Å². The second-order valence-electron chi connectivity index (χ2n) is 4.84. The van der Waals surface area contributed by atoms with Crippen molar-refractivity contribution in [2.75, 3.05) is 11.9 Å². The fourth-order valence-electron chi connectivity index (χ4n) is 2.25. The fraction of sp³-hybridized carbons (Fsp3) is 0.308. The van der Waals surface area contributed by atoms with E-state index in [1.807, 2.05) is 5.38 Å². The van der Waals surface area contributed by atoms with Gasteiger partial charge in [-0.3, -0.25) is 9.59 Å². The Hall–Kier alpha value is -2.19. The maximum absolute atomic E-state index is 12.0. The Labute approximate surface area is 125 Å². The minimum absolute atomic E-state index is 0.0553. The van der Waals surface area contributed by atoms with Crippen LogP contribution in [-0.2, 0) is 4.79 Å². The molecule has 0 saturated carbocycles. The van der Waals surface area contributed by atoms with Crippen LogP contribution < -0.4 is 16.4 Å². The minimum atomic E-state index is -0.516. The topological polar surface area (TPSA) is 113 Å². The molecule has 1 atom stereocenters. The molecule has 1 saturated heterocycles. The number of carbonyl (C=O) groups excluding carboxylic acids is 2. The number of hydrogen-bond donors (Lipinski definition) is 4. The maximum atomic E-state index is 12.0. The highest BCUT2D eigenvalue weighted by Crippen LogP contribution is 2.25. The molecule has 0 bridgehead atoms. The third kappa shape index (κ3) is 2.96. The first-order valence-corrected chi connectivity index (χ1v) is 7.50. The zero-order valence-electron chi connectivity index (χ0n) is 11.2. The Morgan fingerprint density at radius 3 is 3.00 bits per heavy atom. The van der Waals surface area contributed by atoms with Gasteiger partial charge in [0.15, 0.2) is 5.13 Å². The molecule has 21 heavy (non-hydrogen) atoms. The minimum Gasteiger partial charge on any atom is -0.364 e. The lowest BCUT2D eigenvalue weighted by molar-refractivity contribution is -0.117. The lowest BCUT2D eigenvalue weighted by Gasteiger charge is -2.08. The van der Waals surface area contributed by atoms with Gasteiger partial charge in [0, 0.05) is 17.1 Å². The van der Waals surface area contributed by atoms with Crippen molar-refractivity contribution < 1.29 is 9.59 Å². The van der Waals surface area contributed by atoms with Crippen molar-refractivity contribution in [1.82, 2.24) is 15.3 Å². The van der Waals surface area contributed by atoms with Crippen LogP contribution in [0, 0.1) is 0 Å². The first kappa shape index (κ1) is 13.8. The Kier molecular flexibility index (Phi) is 3.72. The number of H-pyrrole nitrogens is 1. The van der Waals surface area contributed by atoms with Crippen LogP contribution in [-0.4, -0.2) is 34.4 Å². The van der Waals surface area contributed by atoms with Gasteiger partial charge >= 0.3 is 0 Å². The normalized spacial score (nSPS) is 17.8. The molecule has 110 valence electrons. The number of amides is 2. The van der Waals surface area contributed by atoms with E-state index >= 15 is 0 Å². The van der Waals surface area contributed by atoms with E-state index in [1.165, 1.54) is 11.3 Å². The standard InChI is InChI=1S/C13H15N5O2S/c14-11(19)9-4-7(5-16-9)10-6-21-13(17-10)18-12(20)8-2-1-3-15-8/h4-6,8,15-16H,1-3H2,(H2,14,19)(H,17,18,20). The maximum Gasteiger partial charge on any atom is 0.265 e. The van der Waals surface area contributed by atoms with Crippen molar-refractivity contribution in [3.63, 3.8) is 0 Å². The van der Waals surface area contributed by atoms with Crippen LogP contribution >= 0.6 is 11.3 Å². The van der Waals surface area contributed by atoms with E-state index in [-0.39, 0.29) is 11.9 Å². The molecule has 2 aromatic heterocycles. The molecule has 8 heteroatoms. The highest BCUT2D eigenvalue weighted by atomic mass is 32.1. The highest BCUT2D eigenvalue weighted by molar-refractivity contribution is 7.14. The van der Waals surface area contributed by atoms with Gasteiger partial charge in [-0.15, -0.1) is 11.3 Å². The number of aromatic nitrogens is 2. The summed E-state index contributed by atoms with van der Waals surface area (Å²) in [7, 11) is 0. The lowest BCUT2D eigenvalue weighted by atomic mass is 10.2. The van der Waals surface area contributed by atoms with Crippen molar-refractivity contribution in [2.45, 2.75) is 18.9 Å². The number of rotatable bonds is 4. The molecule has 0 aliphatic carbocycles. The van der Waals surface area contributed by atoms with Crippen molar-refractivity contribution in [2.24, 2.45) is 5.73 Å². The van der Waals surface area contributed by atoms with Gasteiger partial charge in [0.1, 0.15) is 5.69 Å². The summed E-state index contributed by atoms with van der Waals surface area (Å²) in [6, 6.07) is 1.51. The van der Waals surface area contributed by atoms with Crippen molar-refractivity contribution >= 4 is 28.3 Å². The number of carbonyl (C=O) groups is 2. The second-order valence-corrected chi connectivity index (χ2v) is 5.70. The molecule has 5 N–H and O–H groups in total. The number of nitrogens with one attached hydrogen (secondary N) is 3. The molecule has 3 heterocycles. The van der Waals surface area contributed by atoms with E-state index < -0.39 is 5.91 Å². The summed E-state index contributed by atoms with van der Waals surface area (Å²) in [6.07, 6.45) is 3.53. The van der Waals surface area contributed by atoms with Gasteiger partial charge in [-0.05, 0) is 25.5 Å². The van der Waals surface area contributed by atoms with Crippen LogP contribution in [0.3, 0.4) is 0 Å². The second kappa shape index (κ2) is 5.66. The van der Waals surface area contributed by atoms with E-state index in [2.05, 4.69) is 20.6 Å². The van der Waals surface area contributed by atoms with Crippen LogP contribution in [0.2, 0.25) is 0 Å². The number of nitrogens with two attached hydrogens (primary N) is 1. The fourth-order valence-corrected chi connectivity index (χ4v) is 2.97. The predicted molar refractivity (Wildman–Crippen MR) is 80.1 cm³/mol. The van der Waals surface area contributed by atoms with Crippen LogP contribution in [0.4, 0.5) is 5.13 Å². The van der Waals surface area contributed by atoms with E-state index in [9.17, 15) is 9.59 Å². The molecule has 1 unspecified atom stereocenters. The predicted octanol–water partition coefficient (Wildman–Crippen LogP) is 0.928. The molecule has 1 fully saturated rings. The van der Waals surface area contributed by atoms with E-state index in [0.717, 1.165) is 24.9 Å². The molecule has 2 amide bonds. The first-order chi connectivity index (χ1) is 10.1. The van der Waals surface area contributed by atoms with Gasteiger partial charge < -0.3 is 21.4 Å². The summed E-state index contributed by atoms with van der Waals surface area (Å²) in [5.74, 6) is -0.572. The van der Waals surface area contributed by atoms with Crippen LogP contribution in [0.15, 0.2) is 17.6 Å². The molecule has 0 aromatic carbocycles. The quantitative estimate of drug-likeness (QED) is 0.673. The number of primary amides is 1. The molecule has 7 nitrogen and oxygen atoms in total. The summed E-state index contributed by atoms with van der Waals surface area (Å²) in [5, 5.41) is 8.32. The largest absolute Gasteiger partial charge is 0.364 e. The average Bonchev–Trinajstić information content (AvgIpc) is 3.20. The lowest BCUT2D eigenvalue weighted by Crippen LogP contribution is -2.35. The van der Waals surface area contributed by atoms with Gasteiger partial charge in [0.05, 0.1) is 11.7 Å². The Balaban J connectivity index is 1.70. The third-order valence-corrected chi connectivity index (χ3v) is 4.11. The SMILES string of the molecule is NC(=O)c1cc(-c2csc(NC(=O)C3CCCN3)n2)c[nH]1. The molecule has 0 radical (unpaired) electrons. The molecule has 2 aromatic rings. The van der Waals surface area contributed by atoms with Crippen LogP contribution in [0.1, 0.15) is 23.3 Å². The van der Waals surface area contributed by atoms with Crippen LogP contribution in [0.25, 0.3) is 11.3 Å². The zero-order chi connectivity index (χ0) is 14.8. The molecule has 1 aliphatic heterocycles. The smallest absolute Gasteiger partial charge is 0.265 e. The average molecular weight is 305 g/mol. The molecule has 3 rings (SSSR count). The zero-order valence-corrected chi connectivity index (χ0v) is 12.0. The van der Waals surface area contributed by atoms with Crippen molar-refractivity contribution in [3.05, 3.63) is 23.3 Å². The molecular formula is C13H15N5O2S. The summed E-state index contributed by atoms with van der Waals surface area (Å²) in [4.78, 5) is 30.2. The van der Waals surface area contributed by atoms with Gasteiger partial charge in [-0.25, -0.2) is 4.98 Å². The number of aromatic amines is 1. The Bertz CT molecular complexity index is 672. The number of hydrogen-bond acceptors (Lipinski definition) is 5. The molecular weight excluding hydrogens is 290 g/mol. The third-order valence-electron chi connectivity index (χ3n) is 3.36. The number of thiazole rings is 1. The summed E-state index contributed by atoms with van der Waals surface area (Å²) < 4.78 is 0. The molecule has 0 spiro atoms. The molecule has 1 aliphatic rings. The van der Waals surface area contributed by atoms with Crippen molar-refractivity contribution in [1.29, 1.82) is 0 Å². The summed E-state index contributed by atoms with van der Waals surface area (Å²) in [6.45, 7) is 0.875. The highest BCUT2D eigenvalue weighted by Gasteiger charge is 2.22. The first-order valence-electron chi connectivity index (χ1n) is 6.62. The van der Waals surface area contributed by atoms with E-state index in [1.54, 1.807) is 12.3 Å². The Morgan fingerprint density at radius 2 is 2.33 bits per heavy atom. The summed E-state index contributed by atoms with van der Waals surface area (Å²) in [5.41, 5.74) is 6.98. The van der Waals surface area contributed by atoms with Gasteiger partial charge in [0.2, 0.25) is 5.91 Å². The van der Waals surface area contributed by atoms with Gasteiger partial charge in [-0.2, -0.15) is 0 Å². The van der Waals surface area contributed by atoms with E-state index in [0.29, 0.717) is 16.5 Å². The number of nitrogens with zero attached hydrogens (tertiary/aromatic N) is 1. The van der Waals surface area contributed by atoms with Crippen molar-refractivity contribution in [3.8, 4) is 11.3 Å². The number of anilines is 1.